The summed E-state index contributed by atoms with van der Waals surface area (Å²) in [5.41, 5.74) is 0.901. The molecule has 0 N–H and O–H groups in total. The van der Waals surface area contributed by atoms with Gasteiger partial charge in [0, 0.05) is 17.5 Å². The fourth-order valence-corrected chi connectivity index (χ4v) is 3.36. The Balaban J connectivity index is 1.66. The molecular weight excluding hydrogens is 334 g/mol. The number of likely N-dealkylation sites (N-methyl/N-ethyl adjacent to an activating group) is 1. The van der Waals surface area contributed by atoms with E-state index in [2.05, 4.69) is 0 Å². The summed E-state index contributed by atoms with van der Waals surface area (Å²) in [4.78, 5) is 15.2. The van der Waals surface area contributed by atoms with Gasteiger partial charge in [0.15, 0.2) is 11.5 Å². The van der Waals surface area contributed by atoms with Crippen molar-refractivity contribution in [1.29, 1.82) is 0 Å². The maximum absolute atomic E-state index is 12.3. The maximum atomic E-state index is 12.3. The Bertz CT molecular complexity index is 741. The van der Waals surface area contributed by atoms with Gasteiger partial charge in [0.25, 0.3) is 0 Å². The monoisotopic (exact) mass is 349 g/mol. The number of thiophene rings is 1. The minimum Gasteiger partial charge on any atom is -0.454 e. The molecule has 23 heavy (non-hydrogen) atoms. The largest absolute Gasteiger partial charge is 0.454 e. The second-order valence-corrected chi connectivity index (χ2v) is 6.80. The van der Waals surface area contributed by atoms with E-state index < -0.39 is 0 Å². The van der Waals surface area contributed by atoms with Crippen molar-refractivity contribution >= 4 is 34.9 Å². The van der Waals surface area contributed by atoms with E-state index in [1.807, 2.05) is 37.3 Å². The van der Waals surface area contributed by atoms with Crippen LogP contribution in [0.1, 0.15) is 17.4 Å². The first-order valence-corrected chi connectivity index (χ1v) is 8.46. The molecule has 0 radical (unpaired) electrons. The predicted molar refractivity (Wildman–Crippen MR) is 92.0 cm³/mol. The lowest BCUT2D eigenvalue weighted by Crippen LogP contribution is -2.28. The lowest BCUT2D eigenvalue weighted by atomic mass is 10.2. The van der Waals surface area contributed by atoms with E-state index in [4.69, 9.17) is 21.1 Å². The molecule has 6 heteroatoms. The molecule has 0 saturated heterocycles. The minimum atomic E-state index is -0.0327. The molecule has 1 amide bonds. The number of benzene rings is 1. The van der Waals surface area contributed by atoms with Gasteiger partial charge in [-0.25, -0.2) is 0 Å². The Kier molecular flexibility index (Phi) is 4.88. The van der Waals surface area contributed by atoms with E-state index >= 15 is 0 Å². The highest BCUT2D eigenvalue weighted by molar-refractivity contribution is 7.16. The third-order valence-electron chi connectivity index (χ3n) is 3.48. The van der Waals surface area contributed by atoms with Crippen molar-refractivity contribution < 1.29 is 14.3 Å². The minimum absolute atomic E-state index is 0.0327. The lowest BCUT2D eigenvalue weighted by molar-refractivity contribution is -0.126. The summed E-state index contributed by atoms with van der Waals surface area (Å²) in [5.74, 6) is 1.41. The fraction of sp³-hybridized carbons (Fsp3) is 0.235. The molecule has 1 aromatic carbocycles. The Morgan fingerprint density at radius 3 is 2.87 bits per heavy atom. The quantitative estimate of drug-likeness (QED) is 0.760. The highest BCUT2D eigenvalue weighted by atomic mass is 35.5. The van der Waals surface area contributed by atoms with E-state index in [1.54, 1.807) is 17.1 Å². The SMILES string of the molecule is CCN(Cc1ccc(Cl)s1)C(=O)/C=C/c1ccc2c(c1)OCO2. The Hall–Kier alpha value is -1.98. The molecule has 0 atom stereocenters. The van der Waals surface area contributed by atoms with E-state index in [1.165, 1.54) is 11.3 Å². The van der Waals surface area contributed by atoms with Crippen molar-refractivity contribution in [2.45, 2.75) is 13.5 Å². The number of hydrogen-bond acceptors (Lipinski definition) is 4. The van der Waals surface area contributed by atoms with Crippen LogP contribution in [0.4, 0.5) is 0 Å². The van der Waals surface area contributed by atoms with E-state index in [9.17, 15) is 4.79 Å². The molecular formula is C17H16ClNO3S. The van der Waals surface area contributed by atoms with E-state index in [0.717, 1.165) is 20.5 Å². The van der Waals surface area contributed by atoms with Crippen LogP contribution in [0.2, 0.25) is 4.34 Å². The first kappa shape index (κ1) is 15.9. The Morgan fingerprint density at radius 1 is 1.30 bits per heavy atom. The number of rotatable bonds is 5. The van der Waals surface area contributed by atoms with Gasteiger partial charge in [-0.1, -0.05) is 17.7 Å². The molecule has 1 aliphatic heterocycles. The van der Waals surface area contributed by atoms with E-state index in [0.29, 0.717) is 18.8 Å². The van der Waals surface area contributed by atoms with Gasteiger partial charge in [-0.2, -0.15) is 0 Å². The number of carbonyl (C=O) groups excluding carboxylic acids is 1. The number of carbonyl (C=O) groups is 1. The summed E-state index contributed by atoms with van der Waals surface area (Å²) in [6.45, 7) is 3.41. The van der Waals surface area contributed by atoms with Crippen molar-refractivity contribution in [3.05, 3.63) is 51.2 Å². The first-order chi connectivity index (χ1) is 11.2. The molecule has 3 rings (SSSR count). The summed E-state index contributed by atoms with van der Waals surface area (Å²) < 4.78 is 11.3. The van der Waals surface area contributed by atoms with Crippen LogP contribution < -0.4 is 9.47 Å². The molecule has 2 heterocycles. The normalized spacial score (nSPS) is 12.8. The smallest absolute Gasteiger partial charge is 0.246 e. The molecule has 4 nitrogen and oxygen atoms in total. The van der Waals surface area contributed by atoms with Gasteiger partial charge in [0.2, 0.25) is 12.7 Å². The average Bonchev–Trinajstić information content (AvgIpc) is 3.18. The zero-order valence-corrected chi connectivity index (χ0v) is 14.2. The molecule has 0 fully saturated rings. The zero-order chi connectivity index (χ0) is 16.2. The Morgan fingerprint density at radius 2 is 2.13 bits per heavy atom. The van der Waals surface area contributed by atoms with Crippen LogP contribution in [0.5, 0.6) is 11.5 Å². The third kappa shape index (κ3) is 3.86. The molecule has 1 aromatic heterocycles. The summed E-state index contributed by atoms with van der Waals surface area (Å²) in [5, 5.41) is 0. The molecule has 0 bridgehead atoms. The van der Waals surface area contributed by atoms with Gasteiger partial charge < -0.3 is 14.4 Å². The Labute approximate surface area is 143 Å². The number of halogens is 1. The van der Waals surface area contributed by atoms with Crippen LogP contribution in [-0.4, -0.2) is 24.1 Å². The number of ether oxygens (including phenoxy) is 2. The topological polar surface area (TPSA) is 38.8 Å². The summed E-state index contributed by atoms with van der Waals surface area (Å²) in [7, 11) is 0. The van der Waals surface area contributed by atoms with Crippen LogP contribution >= 0.6 is 22.9 Å². The van der Waals surface area contributed by atoms with Crippen molar-refractivity contribution in [3.63, 3.8) is 0 Å². The lowest BCUT2D eigenvalue weighted by Gasteiger charge is -2.18. The van der Waals surface area contributed by atoms with Crippen LogP contribution in [0.15, 0.2) is 36.4 Å². The van der Waals surface area contributed by atoms with E-state index in [-0.39, 0.29) is 12.7 Å². The molecule has 2 aromatic rings. The predicted octanol–water partition coefficient (Wildman–Crippen LogP) is 4.19. The highest BCUT2D eigenvalue weighted by Crippen LogP contribution is 2.32. The fourth-order valence-electron chi connectivity index (χ4n) is 2.26. The highest BCUT2D eigenvalue weighted by Gasteiger charge is 2.13. The first-order valence-electron chi connectivity index (χ1n) is 7.26. The average molecular weight is 350 g/mol. The van der Waals surface area contributed by atoms with Gasteiger partial charge in [-0.15, -0.1) is 11.3 Å². The van der Waals surface area contributed by atoms with Gasteiger partial charge >= 0.3 is 0 Å². The second-order valence-electron chi connectivity index (χ2n) is 5.00. The van der Waals surface area contributed by atoms with Crippen molar-refractivity contribution in [2.75, 3.05) is 13.3 Å². The molecule has 0 saturated carbocycles. The maximum Gasteiger partial charge on any atom is 0.246 e. The van der Waals surface area contributed by atoms with Gasteiger partial charge in [0.05, 0.1) is 10.9 Å². The van der Waals surface area contributed by atoms with Crippen LogP contribution in [0.25, 0.3) is 6.08 Å². The number of nitrogens with zero attached hydrogens (tertiary/aromatic N) is 1. The molecule has 1 aliphatic rings. The van der Waals surface area contributed by atoms with Crippen molar-refractivity contribution in [3.8, 4) is 11.5 Å². The van der Waals surface area contributed by atoms with Crippen LogP contribution in [0.3, 0.4) is 0 Å². The number of fused-ring (bicyclic) bond motifs is 1. The zero-order valence-electron chi connectivity index (χ0n) is 12.6. The number of amides is 1. The molecule has 0 unspecified atom stereocenters. The second kappa shape index (κ2) is 7.06. The molecule has 0 spiro atoms. The summed E-state index contributed by atoms with van der Waals surface area (Å²) in [6, 6.07) is 9.40. The molecule has 0 aliphatic carbocycles. The van der Waals surface area contributed by atoms with Crippen LogP contribution in [0, 0.1) is 0 Å². The van der Waals surface area contributed by atoms with Gasteiger partial charge in [0.1, 0.15) is 0 Å². The van der Waals surface area contributed by atoms with Gasteiger partial charge in [-0.05, 0) is 42.8 Å². The van der Waals surface area contributed by atoms with Crippen molar-refractivity contribution in [2.24, 2.45) is 0 Å². The number of hydrogen-bond donors (Lipinski definition) is 0. The standard InChI is InChI=1S/C17H16ClNO3S/c1-2-19(10-13-5-7-16(18)23-13)17(20)8-4-12-3-6-14-15(9-12)22-11-21-14/h3-9H,2,10-11H2,1H3/b8-4+. The van der Waals surface area contributed by atoms with Crippen LogP contribution in [-0.2, 0) is 11.3 Å². The van der Waals surface area contributed by atoms with Gasteiger partial charge in [-0.3, -0.25) is 4.79 Å². The summed E-state index contributed by atoms with van der Waals surface area (Å²) in [6.07, 6.45) is 3.37. The molecule has 120 valence electrons. The third-order valence-corrected chi connectivity index (χ3v) is 4.70. The summed E-state index contributed by atoms with van der Waals surface area (Å²) >= 11 is 7.43. The van der Waals surface area contributed by atoms with Crippen molar-refractivity contribution in [1.82, 2.24) is 4.90 Å².